The van der Waals surface area contributed by atoms with Crippen LogP contribution in [0.2, 0.25) is 0 Å². The average molecular weight is 383 g/mol. The van der Waals surface area contributed by atoms with Gasteiger partial charge >= 0.3 is 15.8 Å². The lowest BCUT2D eigenvalue weighted by atomic mass is 10.1. The predicted molar refractivity (Wildman–Crippen MR) is 101 cm³/mol. The molecule has 0 bridgehead atoms. The molecule has 7 nitrogen and oxygen atoms in total. The van der Waals surface area contributed by atoms with Crippen LogP contribution in [0.25, 0.3) is 0 Å². The van der Waals surface area contributed by atoms with Crippen LogP contribution >= 0.6 is 15.8 Å². The minimum Gasteiger partial charge on any atom is -0.435 e. The van der Waals surface area contributed by atoms with Gasteiger partial charge in [0.25, 0.3) is 0 Å². The second-order valence-electron chi connectivity index (χ2n) is 5.19. The van der Waals surface area contributed by atoms with E-state index in [1.165, 1.54) is 0 Å². The van der Waals surface area contributed by atoms with Crippen molar-refractivity contribution in [1.29, 1.82) is 0 Å². The Morgan fingerprint density at radius 2 is 1.36 bits per heavy atom. The molecular weight excluding hydrogens is 360 g/mol. The normalized spacial score (nSPS) is 12.6. The first-order valence-electron chi connectivity index (χ1n) is 7.73. The maximum absolute atomic E-state index is 12.1. The molecule has 0 aliphatic heterocycles. The van der Waals surface area contributed by atoms with Crippen molar-refractivity contribution in [3.63, 3.8) is 0 Å². The van der Waals surface area contributed by atoms with Crippen LogP contribution in [0.15, 0.2) is 48.5 Å². The third kappa shape index (κ3) is 5.99. The van der Waals surface area contributed by atoms with Gasteiger partial charge in [0.1, 0.15) is 11.5 Å². The number of benzene rings is 2. The van der Waals surface area contributed by atoms with E-state index in [4.69, 9.17) is 9.05 Å². The van der Waals surface area contributed by atoms with Gasteiger partial charge in [-0.1, -0.05) is 24.3 Å². The van der Waals surface area contributed by atoms with Crippen LogP contribution in [0.4, 0.5) is 0 Å². The van der Waals surface area contributed by atoms with Gasteiger partial charge in [0.2, 0.25) is 0 Å². The fraction of sp³-hybridized carbons (Fsp3) is 0.250. The minimum absolute atomic E-state index is 0.525. The topological polar surface area (TPSA) is 88.7 Å². The third-order valence-corrected chi connectivity index (χ3v) is 5.97. The molecule has 0 radical (unpaired) electrons. The molecule has 0 saturated heterocycles. The Kier molecular flexibility index (Phi) is 7.24. The smallest absolute Gasteiger partial charge is 0.389 e. The summed E-state index contributed by atoms with van der Waals surface area (Å²) in [5, 5.41) is 7.86. The molecular formula is C16H23N3O4P2. The Bertz CT molecular complexity index is 743. The highest BCUT2D eigenvalue weighted by Crippen LogP contribution is 2.37. The Hall–Kier alpha value is -1.62. The zero-order valence-corrected chi connectivity index (χ0v) is 16.3. The van der Waals surface area contributed by atoms with E-state index in [0.29, 0.717) is 11.5 Å². The molecule has 1 atom stereocenters. The van der Waals surface area contributed by atoms with E-state index in [9.17, 15) is 9.13 Å². The van der Waals surface area contributed by atoms with Crippen molar-refractivity contribution >= 4 is 15.8 Å². The van der Waals surface area contributed by atoms with Crippen LogP contribution in [0.5, 0.6) is 11.5 Å². The second kappa shape index (κ2) is 9.18. The van der Waals surface area contributed by atoms with E-state index in [2.05, 4.69) is 15.3 Å². The summed E-state index contributed by atoms with van der Waals surface area (Å²) in [6.07, 6.45) is 0.734. The van der Waals surface area contributed by atoms with Crippen molar-refractivity contribution < 1.29 is 18.2 Å². The van der Waals surface area contributed by atoms with Crippen molar-refractivity contribution in [3.05, 3.63) is 59.7 Å². The number of hydrogen-bond donors (Lipinski definition) is 3. The van der Waals surface area contributed by atoms with Gasteiger partial charge in [0.05, 0.1) is 0 Å². The van der Waals surface area contributed by atoms with Gasteiger partial charge in [-0.15, -0.1) is 0 Å². The highest BCUT2D eigenvalue weighted by atomic mass is 31.2. The Labute approximate surface area is 148 Å². The highest BCUT2D eigenvalue weighted by Gasteiger charge is 2.18. The van der Waals surface area contributed by atoms with Gasteiger partial charge in [-0.3, -0.25) is 4.57 Å². The van der Waals surface area contributed by atoms with E-state index in [0.717, 1.165) is 17.5 Å². The second-order valence-corrected chi connectivity index (χ2v) is 8.65. The van der Waals surface area contributed by atoms with Crippen LogP contribution in [0.1, 0.15) is 11.1 Å². The first-order valence-corrected chi connectivity index (χ1v) is 10.7. The highest BCUT2D eigenvalue weighted by molar-refractivity contribution is 7.55. The van der Waals surface area contributed by atoms with E-state index in [1.807, 2.05) is 24.3 Å². The standard InChI is InChI=1S/C16H23N3O4P2/c1-17-24(20)22-15-8-4-13(5-9-15)12-14-6-10-16(11-7-14)23-25(21,18-2)19-3/h4-11,24H,12H2,1-3H3,(H,17,20)(H2,18,19,21). The van der Waals surface area contributed by atoms with Crippen molar-refractivity contribution in [3.8, 4) is 11.5 Å². The zero-order valence-electron chi connectivity index (χ0n) is 14.4. The molecule has 25 heavy (non-hydrogen) atoms. The lowest BCUT2D eigenvalue weighted by molar-refractivity contribution is 0.462. The summed E-state index contributed by atoms with van der Waals surface area (Å²) in [6.45, 7) is 0. The molecule has 3 N–H and O–H groups in total. The summed E-state index contributed by atoms with van der Waals surface area (Å²) in [6, 6.07) is 14.9. The monoisotopic (exact) mass is 383 g/mol. The van der Waals surface area contributed by atoms with E-state index >= 15 is 0 Å². The van der Waals surface area contributed by atoms with Crippen LogP contribution in [-0.4, -0.2) is 21.1 Å². The molecule has 2 aromatic carbocycles. The number of hydrogen-bond acceptors (Lipinski definition) is 4. The Morgan fingerprint density at radius 3 is 1.80 bits per heavy atom. The van der Waals surface area contributed by atoms with Gasteiger partial charge in [0, 0.05) is 0 Å². The summed E-state index contributed by atoms with van der Waals surface area (Å²) in [5.74, 6) is 1.09. The Morgan fingerprint density at radius 1 is 0.880 bits per heavy atom. The SMILES string of the molecule is CN[PH](=O)Oc1ccc(Cc2ccc(OP(=O)(NC)NC)cc2)cc1. The maximum atomic E-state index is 12.1. The quantitative estimate of drug-likeness (QED) is 0.573. The molecule has 0 aromatic heterocycles. The summed E-state index contributed by atoms with van der Waals surface area (Å²) in [4.78, 5) is 0. The van der Waals surface area contributed by atoms with Crippen molar-refractivity contribution in [2.24, 2.45) is 0 Å². The van der Waals surface area contributed by atoms with Gasteiger partial charge in [0.15, 0.2) is 0 Å². The van der Waals surface area contributed by atoms with Crippen molar-refractivity contribution in [2.75, 3.05) is 21.1 Å². The van der Waals surface area contributed by atoms with Gasteiger partial charge in [-0.05, 0) is 63.0 Å². The van der Waals surface area contributed by atoms with E-state index < -0.39 is 15.8 Å². The fourth-order valence-electron chi connectivity index (χ4n) is 2.09. The van der Waals surface area contributed by atoms with Crippen LogP contribution < -0.4 is 24.3 Å². The van der Waals surface area contributed by atoms with Gasteiger partial charge < -0.3 is 9.05 Å². The summed E-state index contributed by atoms with van der Waals surface area (Å²) in [7, 11) is -0.526. The largest absolute Gasteiger partial charge is 0.435 e. The van der Waals surface area contributed by atoms with Crippen LogP contribution in [0, 0.1) is 0 Å². The first-order chi connectivity index (χ1) is 12.0. The third-order valence-electron chi connectivity index (χ3n) is 3.49. The molecule has 2 aromatic rings. The summed E-state index contributed by atoms with van der Waals surface area (Å²) < 4.78 is 34.2. The van der Waals surface area contributed by atoms with E-state index in [1.54, 1.807) is 45.4 Å². The minimum atomic E-state index is -3.05. The molecule has 0 aliphatic rings. The zero-order chi connectivity index (χ0) is 18.3. The molecule has 0 amide bonds. The van der Waals surface area contributed by atoms with Crippen LogP contribution in [-0.2, 0) is 15.6 Å². The summed E-state index contributed by atoms with van der Waals surface area (Å²) >= 11 is 0. The van der Waals surface area contributed by atoms with Crippen molar-refractivity contribution in [1.82, 2.24) is 15.3 Å². The number of rotatable bonds is 9. The molecule has 0 aliphatic carbocycles. The van der Waals surface area contributed by atoms with Crippen molar-refractivity contribution in [2.45, 2.75) is 6.42 Å². The lowest BCUT2D eigenvalue weighted by Gasteiger charge is -2.17. The summed E-state index contributed by atoms with van der Waals surface area (Å²) in [5.41, 5.74) is 2.19. The molecule has 0 saturated carbocycles. The molecule has 9 heteroatoms. The van der Waals surface area contributed by atoms with Crippen LogP contribution in [0.3, 0.4) is 0 Å². The molecule has 0 heterocycles. The fourth-order valence-corrected chi connectivity index (χ4v) is 3.37. The predicted octanol–water partition coefficient (Wildman–Crippen LogP) is 3.19. The molecule has 0 spiro atoms. The number of nitrogens with one attached hydrogen (secondary N) is 3. The van der Waals surface area contributed by atoms with E-state index in [-0.39, 0.29) is 0 Å². The average Bonchev–Trinajstić information content (AvgIpc) is 2.64. The van der Waals surface area contributed by atoms with Gasteiger partial charge in [-0.25, -0.2) is 19.8 Å². The van der Waals surface area contributed by atoms with Gasteiger partial charge in [-0.2, -0.15) is 0 Å². The lowest BCUT2D eigenvalue weighted by Crippen LogP contribution is -2.19. The molecule has 136 valence electrons. The first kappa shape index (κ1) is 19.7. The molecule has 0 fully saturated rings. The molecule has 1 unspecified atom stereocenters. The molecule has 2 rings (SSSR count). The Balaban J connectivity index is 1.99. The maximum Gasteiger partial charge on any atom is 0.389 e.